The molecule has 4 unspecified atom stereocenters. The zero-order valence-electron chi connectivity index (χ0n) is 20.1. The number of ether oxygens (including phenoxy) is 2. The van der Waals surface area contributed by atoms with Crippen molar-refractivity contribution in [1.29, 1.82) is 0 Å². The quantitative estimate of drug-likeness (QED) is 0.480. The highest BCUT2D eigenvalue weighted by atomic mass is 16.7. The van der Waals surface area contributed by atoms with E-state index in [1.165, 1.54) is 31.3 Å². The minimum absolute atomic E-state index is 0.104. The van der Waals surface area contributed by atoms with E-state index in [9.17, 15) is 20.4 Å². The first-order valence-corrected chi connectivity index (χ1v) is 13.0. The molecule has 1 heterocycles. The average Bonchev–Trinajstić information content (AvgIpc) is 3.16. The number of rotatable bonds is 4. The Labute approximate surface area is 197 Å². The van der Waals surface area contributed by atoms with Gasteiger partial charge in [-0.1, -0.05) is 31.6 Å². The summed E-state index contributed by atoms with van der Waals surface area (Å²) in [6.45, 7) is 8.68. The number of allylic oxidation sites excluding steroid dienone is 2. The number of hydrogen-bond donors (Lipinski definition) is 4. The van der Waals surface area contributed by atoms with E-state index in [0.29, 0.717) is 17.3 Å². The molecule has 12 atom stereocenters. The Hall–Kier alpha value is -0.760. The molecule has 3 saturated carbocycles. The first-order valence-electron chi connectivity index (χ1n) is 13.0. The maximum Gasteiger partial charge on any atom is 0.186 e. The van der Waals surface area contributed by atoms with E-state index in [2.05, 4.69) is 32.6 Å². The van der Waals surface area contributed by atoms with Crippen molar-refractivity contribution in [2.75, 3.05) is 6.61 Å². The normalized spacial score (nSPS) is 54.1. The fourth-order valence-electron chi connectivity index (χ4n) is 8.54. The maximum absolute atomic E-state index is 10.4. The van der Waals surface area contributed by atoms with E-state index in [1.54, 1.807) is 0 Å². The van der Waals surface area contributed by atoms with E-state index >= 15 is 0 Å². The van der Waals surface area contributed by atoms with Crippen LogP contribution < -0.4 is 0 Å². The molecule has 4 N–H and O–H groups in total. The molecule has 1 aliphatic heterocycles. The first-order chi connectivity index (χ1) is 15.7. The van der Waals surface area contributed by atoms with Crippen LogP contribution in [0.1, 0.15) is 65.2 Å². The maximum atomic E-state index is 10.4. The summed E-state index contributed by atoms with van der Waals surface area (Å²) >= 11 is 0. The standard InChI is InChI=1S/C27H42O6/c1-4-15-6-8-19-18-7-5-16-13-17(9-11-27(16,3)20(18)10-12-26(15,19)2)32-25-24(31)23(30)22(29)21(14-28)33-25/h4-5,15,17-25,28-31H,1,6-14H2,2-3H3/t15?,17-,18?,19?,20?,21+,22-,23-,24+,25+,26+,27-/m0/s1. The molecule has 4 fully saturated rings. The number of fused-ring (bicyclic) bond motifs is 5. The van der Waals surface area contributed by atoms with Gasteiger partial charge in [-0.3, -0.25) is 0 Å². The summed E-state index contributed by atoms with van der Waals surface area (Å²) in [5.74, 6) is 2.92. The lowest BCUT2D eigenvalue weighted by atomic mass is 9.47. The zero-order chi connectivity index (χ0) is 23.5. The van der Waals surface area contributed by atoms with Crippen molar-refractivity contribution in [3.05, 3.63) is 24.3 Å². The fraction of sp³-hybridized carbons (Fsp3) is 0.852. The molecular formula is C27H42O6. The van der Waals surface area contributed by atoms with E-state index in [4.69, 9.17) is 9.47 Å². The molecule has 6 nitrogen and oxygen atoms in total. The van der Waals surface area contributed by atoms with Gasteiger partial charge in [-0.25, -0.2) is 0 Å². The van der Waals surface area contributed by atoms with Crippen LogP contribution in [-0.2, 0) is 9.47 Å². The Kier molecular flexibility index (Phi) is 6.33. The molecule has 0 bridgehead atoms. The van der Waals surface area contributed by atoms with Crippen LogP contribution in [0.15, 0.2) is 24.3 Å². The van der Waals surface area contributed by atoms with Crippen LogP contribution in [0.5, 0.6) is 0 Å². The summed E-state index contributed by atoms with van der Waals surface area (Å²) < 4.78 is 11.7. The van der Waals surface area contributed by atoms with Gasteiger partial charge in [0.1, 0.15) is 24.4 Å². The molecule has 0 amide bonds. The third kappa shape index (κ3) is 3.68. The Morgan fingerprint density at radius 3 is 2.58 bits per heavy atom. The molecule has 5 aliphatic rings. The van der Waals surface area contributed by atoms with Crippen LogP contribution in [0.3, 0.4) is 0 Å². The monoisotopic (exact) mass is 462 g/mol. The lowest BCUT2D eigenvalue weighted by molar-refractivity contribution is -0.313. The second kappa shape index (κ2) is 8.72. The molecule has 5 rings (SSSR count). The lowest BCUT2D eigenvalue weighted by Crippen LogP contribution is -2.60. The molecule has 0 spiro atoms. The fourth-order valence-corrected chi connectivity index (χ4v) is 8.54. The van der Waals surface area contributed by atoms with Gasteiger partial charge >= 0.3 is 0 Å². The van der Waals surface area contributed by atoms with Gasteiger partial charge in [0.25, 0.3) is 0 Å². The van der Waals surface area contributed by atoms with Crippen LogP contribution in [-0.4, -0.2) is 63.8 Å². The minimum atomic E-state index is -1.40. The van der Waals surface area contributed by atoms with Gasteiger partial charge in [-0.2, -0.15) is 0 Å². The second-order valence-corrected chi connectivity index (χ2v) is 11.9. The van der Waals surface area contributed by atoms with E-state index in [0.717, 1.165) is 37.5 Å². The van der Waals surface area contributed by atoms with Crippen LogP contribution >= 0.6 is 0 Å². The Morgan fingerprint density at radius 1 is 1.06 bits per heavy atom. The molecule has 6 heteroatoms. The molecule has 4 aliphatic carbocycles. The Balaban J connectivity index is 1.29. The summed E-state index contributed by atoms with van der Waals surface area (Å²) in [6, 6.07) is 0. The summed E-state index contributed by atoms with van der Waals surface area (Å²) in [5, 5.41) is 40.0. The molecular weight excluding hydrogens is 420 g/mol. The second-order valence-electron chi connectivity index (χ2n) is 11.9. The highest BCUT2D eigenvalue weighted by Gasteiger charge is 2.58. The van der Waals surface area contributed by atoms with Crippen LogP contribution in [0.4, 0.5) is 0 Å². The van der Waals surface area contributed by atoms with Gasteiger partial charge in [-0.05, 0) is 85.9 Å². The smallest absolute Gasteiger partial charge is 0.186 e. The van der Waals surface area contributed by atoms with E-state index in [-0.39, 0.29) is 11.5 Å². The van der Waals surface area contributed by atoms with Gasteiger partial charge in [-0.15, -0.1) is 6.58 Å². The third-order valence-corrected chi connectivity index (χ3v) is 10.6. The van der Waals surface area contributed by atoms with E-state index < -0.39 is 37.3 Å². The molecule has 0 radical (unpaired) electrons. The molecule has 33 heavy (non-hydrogen) atoms. The van der Waals surface area contributed by atoms with Crippen molar-refractivity contribution in [3.63, 3.8) is 0 Å². The number of aliphatic hydroxyl groups excluding tert-OH is 4. The van der Waals surface area contributed by atoms with Crippen molar-refractivity contribution >= 4 is 0 Å². The Bertz CT molecular complexity index is 781. The molecule has 186 valence electrons. The van der Waals surface area contributed by atoms with Crippen molar-refractivity contribution in [1.82, 2.24) is 0 Å². The topological polar surface area (TPSA) is 99.4 Å². The highest BCUT2D eigenvalue weighted by molar-refractivity contribution is 5.25. The minimum Gasteiger partial charge on any atom is -0.394 e. The average molecular weight is 463 g/mol. The van der Waals surface area contributed by atoms with Crippen molar-refractivity contribution in [2.45, 2.75) is 102 Å². The predicted octanol–water partition coefficient (Wildman–Crippen LogP) is 2.94. The first kappa shape index (κ1) is 24.0. The van der Waals surface area contributed by atoms with Crippen molar-refractivity contribution < 1.29 is 29.9 Å². The molecule has 0 aromatic carbocycles. The predicted molar refractivity (Wildman–Crippen MR) is 124 cm³/mol. The third-order valence-electron chi connectivity index (χ3n) is 10.6. The van der Waals surface area contributed by atoms with Crippen molar-refractivity contribution in [3.8, 4) is 0 Å². The summed E-state index contributed by atoms with van der Waals surface area (Å²) in [7, 11) is 0. The molecule has 0 aromatic heterocycles. The number of aliphatic hydroxyl groups is 4. The van der Waals surface area contributed by atoms with Crippen LogP contribution in [0.2, 0.25) is 0 Å². The summed E-state index contributed by atoms with van der Waals surface area (Å²) in [6.07, 6.45) is 7.62. The summed E-state index contributed by atoms with van der Waals surface area (Å²) in [5.41, 5.74) is 2.09. The van der Waals surface area contributed by atoms with Gasteiger partial charge in [0.15, 0.2) is 6.29 Å². The molecule has 1 saturated heterocycles. The van der Waals surface area contributed by atoms with Gasteiger partial charge < -0.3 is 29.9 Å². The SMILES string of the molecule is C=CC1CCC2C3CC=C4C[C@@H](O[C@@H]5O[C@H](CO)[C@H](O)[C@H](O)[C@H]5O)CC[C@]4(C)C3CC[C@]12C. The van der Waals surface area contributed by atoms with Gasteiger partial charge in [0, 0.05) is 0 Å². The summed E-state index contributed by atoms with van der Waals surface area (Å²) in [4.78, 5) is 0. The van der Waals surface area contributed by atoms with Gasteiger partial charge in [0.2, 0.25) is 0 Å². The van der Waals surface area contributed by atoms with Crippen molar-refractivity contribution in [2.24, 2.45) is 34.5 Å². The molecule has 0 aromatic rings. The van der Waals surface area contributed by atoms with Crippen LogP contribution in [0, 0.1) is 34.5 Å². The van der Waals surface area contributed by atoms with Gasteiger partial charge in [0.05, 0.1) is 12.7 Å². The largest absolute Gasteiger partial charge is 0.394 e. The lowest BCUT2D eigenvalue weighted by Gasteiger charge is -2.58. The number of hydrogen-bond acceptors (Lipinski definition) is 6. The highest BCUT2D eigenvalue weighted by Crippen LogP contribution is 2.66. The Morgan fingerprint density at radius 2 is 1.85 bits per heavy atom. The van der Waals surface area contributed by atoms with E-state index in [1.807, 2.05) is 0 Å². The van der Waals surface area contributed by atoms with Crippen LogP contribution in [0.25, 0.3) is 0 Å². The zero-order valence-corrected chi connectivity index (χ0v) is 20.1.